The largest absolute Gasteiger partial charge is 0.416 e. The van der Waals surface area contributed by atoms with E-state index < -0.39 is 35.2 Å². The zero-order valence-corrected chi connectivity index (χ0v) is 13.8. The first kappa shape index (κ1) is 19.5. The van der Waals surface area contributed by atoms with Crippen LogP contribution < -0.4 is 10.6 Å². The number of nitrogens with zero attached hydrogens (tertiary/aromatic N) is 1. The van der Waals surface area contributed by atoms with Crippen molar-refractivity contribution in [3.05, 3.63) is 65.9 Å². The zero-order chi connectivity index (χ0) is 20.5. The Morgan fingerprint density at radius 1 is 0.786 bits per heavy atom. The SMILES string of the molecule is O=C(Nc1cc(C(F)(F)F)cc(C(F)(F)F)c1)Nc1cnc2ccccc2c1. The first-order chi connectivity index (χ1) is 13.0. The van der Waals surface area contributed by atoms with Crippen molar-refractivity contribution < 1.29 is 31.1 Å². The molecular formula is C18H11F6N3O. The van der Waals surface area contributed by atoms with Crippen LogP contribution in [-0.2, 0) is 12.4 Å². The summed E-state index contributed by atoms with van der Waals surface area (Å²) >= 11 is 0. The maximum Gasteiger partial charge on any atom is 0.416 e. The summed E-state index contributed by atoms with van der Waals surface area (Å²) in [4.78, 5) is 16.1. The van der Waals surface area contributed by atoms with E-state index in [0.29, 0.717) is 23.0 Å². The summed E-state index contributed by atoms with van der Waals surface area (Å²) in [6, 6.07) is 8.36. The molecule has 0 unspecified atom stereocenters. The molecule has 28 heavy (non-hydrogen) atoms. The molecule has 0 fully saturated rings. The zero-order valence-electron chi connectivity index (χ0n) is 13.8. The number of alkyl halides is 6. The number of nitrogens with one attached hydrogen (secondary N) is 2. The van der Waals surface area contributed by atoms with Crippen molar-refractivity contribution in [3.63, 3.8) is 0 Å². The third kappa shape index (κ3) is 4.51. The first-order valence-electron chi connectivity index (χ1n) is 7.75. The highest BCUT2D eigenvalue weighted by molar-refractivity contribution is 6.00. The summed E-state index contributed by atoms with van der Waals surface area (Å²) in [6.45, 7) is 0. The van der Waals surface area contributed by atoms with E-state index in [1.54, 1.807) is 30.3 Å². The van der Waals surface area contributed by atoms with Gasteiger partial charge in [-0.15, -0.1) is 0 Å². The summed E-state index contributed by atoms with van der Waals surface area (Å²) in [7, 11) is 0. The molecule has 0 aliphatic heterocycles. The molecule has 1 aromatic heterocycles. The molecule has 0 aliphatic carbocycles. The topological polar surface area (TPSA) is 54.0 Å². The number of halogens is 6. The number of amides is 2. The van der Waals surface area contributed by atoms with Crippen LogP contribution in [0.25, 0.3) is 10.9 Å². The smallest absolute Gasteiger partial charge is 0.308 e. The van der Waals surface area contributed by atoms with Gasteiger partial charge in [-0.3, -0.25) is 4.98 Å². The van der Waals surface area contributed by atoms with Crippen LogP contribution in [0.3, 0.4) is 0 Å². The Labute approximate surface area is 154 Å². The van der Waals surface area contributed by atoms with Crippen LogP contribution in [0.4, 0.5) is 42.5 Å². The highest BCUT2D eigenvalue weighted by atomic mass is 19.4. The Morgan fingerprint density at radius 2 is 1.36 bits per heavy atom. The minimum Gasteiger partial charge on any atom is -0.308 e. The normalized spacial score (nSPS) is 12.1. The molecule has 2 amide bonds. The lowest BCUT2D eigenvalue weighted by Crippen LogP contribution is -2.21. The number of urea groups is 1. The van der Waals surface area contributed by atoms with E-state index in [-0.39, 0.29) is 11.8 Å². The summed E-state index contributed by atoms with van der Waals surface area (Å²) in [6.07, 6.45) is -8.69. The van der Waals surface area contributed by atoms with Crippen molar-refractivity contribution in [1.82, 2.24) is 4.98 Å². The molecule has 0 saturated carbocycles. The van der Waals surface area contributed by atoms with Crippen molar-refractivity contribution in [2.24, 2.45) is 0 Å². The number of hydrogen-bond acceptors (Lipinski definition) is 2. The van der Waals surface area contributed by atoms with Gasteiger partial charge in [0.1, 0.15) is 0 Å². The predicted molar refractivity (Wildman–Crippen MR) is 90.8 cm³/mol. The van der Waals surface area contributed by atoms with Crippen LogP contribution in [0.15, 0.2) is 54.7 Å². The van der Waals surface area contributed by atoms with Gasteiger partial charge in [0.15, 0.2) is 0 Å². The molecule has 0 saturated heterocycles. The molecule has 0 spiro atoms. The number of pyridine rings is 1. The molecule has 0 bridgehead atoms. The molecule has 0 atom stereocenters. The van der Waals surface area contributed by atoms with Crippen LogP contribution in [0, 0.1) is 0 Å². The average Bonchev–Trinajstić information content (AvgIpc) is 2.59. The number of hydrogen-bond donors (Lipinski definition) is 2. The van der Waals surface area contributed by atoms with E-state index in [9.17, 15) is 31.1 Å². The number of carbonyl (C=O) groups is 1. The van der Waals surface area contributed by atoms with E-state index in [1.807, 2.05) is 5.32 Å². The summed E-state index contributed by atoms with van der Waals surface area (Å²) in [5, 5.41) is 5.00. The fourth-order valence-electron chi connectivity index (χ4n) is 2.46. The summed E-state index contributed by atoms with van der Waals surface area (Å²) < 4.78 is 77.2. The fraction of sp³-hybridized carbons (Fsp3) is 0.111. The maximum atomic E-state index is 12.9. The molecule has 3 aromatic rings. The maximum absolute atomic E-state index is 12.9. The Bertz CT molecular complexity index is 997. The van der Waals surface area contributed by atoms with Crippen molar-refractivity contribution in [2.75, 3.05) is 10.6 Å². The van der Waals surface area contributed by atoms with Crippen molar-refractivity contribution in [2.45, 2.75) is 12.4 Å². The van der Waals surface area contributed by atoms with Gasteiger partial charge in [-0.25, -0.2) is 4.79 Å². The molecule has 0 aliphatic rings. The number of fused-ring (bicyclic) bond motifs is 1. The Hall–Kier alpha value is -3.30. The van der Waals surface area contributed by atoms with Gasteiger partial charge in [0, 0.05) is 11.1 Å². The van der Waals surface area contributed by atoms with Gasteiger partial charge in [0.25, 0.3) is 0 Å². The molecule has 2 N–H and O–H groups in total. The van der Waals surface area contributed by atoms with Gasteiger partial charge in [0.05, 0.1) is 28.5 Å². The second-order valence-corrected chi connectivity index (χ2v) is 5.79. The molecule has 146 valence electrons. The van der Waals surface area contributed by atoms with Crippen LogP contribution in [0.1, 0.15) is 11.1 Å². The quantitative estimate of drug-likeness (QED) is 0.526. The van der Waals surface area contributed by atoms with Gasteiger partial charge in [-0.05, 0) is 30.3 Å². The average molecular weight is 399 g/mol. The van der Waals surface area contributed by atoms with Crippen molar-refractivity contribution in [1.29, 1.82) is 0 Å². The monoisotopic (exact) mass is 399 g/mol. The van der Waals surface area contributed by atoms with Gasteiger partial charge in [0.2, 0.25) is 0 Å². The molecule has 1 heterocycles. The van der Waals surface area contributed by atoms with E-state index in [4.69, 9.17) is 0 Å². The number of para-hydroxylation sites is 1. The van der Waals surface area contributed by atoms with Crippen LogP contribution in [0.2, 0.25) is 0 Å². The third-order valence-corrected chi connectivity index (χ3v) is 3.69. The van der Waals surface area contributed by atoms with Crippen molar-refractivity contribution >= 4 is 28.3 Å². The molecular weight excluding hydrogens is 388 g/mol. The molecule has 10 heteroatoms. The minimum atomic E-state index is -5.00. The number of benzene rings is 2. The summed E-state index contributed by atoms with van der Waals surface area (Å²) in [5.41, 5.74) is -2.82. The number of aromatic nitrogens is 1. The van der Waals surface area contributed by atoms with Gasteiger partial charge in [-0.1, -0.05) is 18.2 Å². The van der Waals surface area contributed by atoms with Crippen LogP contribution in [-0.4, -0.2) is 11.0 Å². The lowest BCUT2D eigenvalue weighted by molar-refractivity contribution is -0.143. The Balaban J connectivity index is 1.84. The van der Waals surface area contributed by atoms with Crippen LogP contribution >= 0.6 is 0 Å². The number of rotatable bonds is 2. The van der Waals surface area contributed by atoms with E-state index in [2.05, 4.69) is 10.3 Å². The minimum absolute atomic E-state index is 0.0175. The summed E-state index contributed by atoms with van der Waals surface area (Å²) in [5.74, 6) is 0. The predicted octanol–water partition coefficient (Wildman–Crippen LogP) is 5.92. The third-order valence-electron chi connectivity index (χ3n) is 3.69. The molecule has 4 nitrogen and oxygen atoms in total. The number of carbonyl (C=O) groups excluding carboxylic acids is 1. The lowest BCUT2D eigenvalue weighted by Gasteiger charge is -2.15. The van der Waals surface area contributed by atoms with Gasteiger partial charge in [-0.2, -0.15) is 26.3 Å². The lowest BCUT2D eigenvalue weighted by atomic mass is 10.1. The second kappa shape index (κ2) is 7.02. The highest BCUT2D eigenvalue weighted by Gasteiger charge is 2.37. The van der Waals surface area contributed by atoms with Crippen LogP contribution in [0.5, 0.6) is 0 Å². The molecule has 3 rings (SSSR count). The fourth-order valence-corrected chi connectivity index (χ4v) is 2.46. The Kier molecular flexibility index (Phi) is 4.88. The number of anilines is 2. The van der Waals surface area contributed by atoms with Gasteiger partial charge < -0.3 is 10.6 Å². The van der Waals surface area contributed by atoms with E-state index >= 15 is 0 Å². The standard InChI is InChI=1S/C18H11F6N3O/c19-17(20,21)11-6-12(18(22,23)24)8-13(7-11)26-16(28)27-14-5-10-3-1-2-4-15(10)25-9-14/h1-9H,(H2,26,27,28). The first-order valence-corrected chi connectivity index (χ1v) is 7.75. The molecule has 2 aromatic carbocycles. The molecule has 0 radical (unpaired) electrons. The highest BCUT2D eigenvalue weighted by Crippen LogP contribution is 2.37. The second-order valence-electron chi connectivity index (χ2n) is 5.79. The van der Waals surface area contributed by atoms with E-state index in [1.165, 1.54) is 6.20 Å². The van der Waals surface area contributed by atoms with Crippen molar-refractivity contribution in [3.8, 4) is 0 Å². The Morgan fingerprint density at radius 3 is 1.96 bits per heavy atom. The van der Waals surface area contributed by atoms with E-state index in [0.717, 1.165) is 0 Å². The van der Waals surface area contributed by atoms with Gasteiger partial charge >= 0.3 is 18.4 Å².